The Morgan fingerprint density at radius 2 is 1.74 bits per heavy atom. The average Bonchev–Trinajstić information content (AvgIpc) is 3.18. The molecule has 151 valence electrons. The second kappa shape index (κ2) is 7.80. The van der Waals surface area contributed by atoms with Gasteiger partial charge in [0, 0.05) is 16.1 Å². The highest BCUT2D eigenvalue weighted by Crippen LogP contribution is 2.32. The van der Waals surface area contributed by atoms with Gasteiger partial charge in [0.25, 0.3) is 0 Å². The fraction of sp³-hybridized carbons (Fsp3) is 0.125. The van der Waals surface area contributed by atoms with Crippen LogP contribution in [0.2, 0.25) is 5.02 Å². The Kier molecular flexibility index (Phi) is 4.96. The maximum Gasteiger partial charge on any atom is 0.330 e. The molecule has 2 aliphatic rings. The molecule has 0 saturated heterocycles. The van der Waals surface area contributed by atoms with E-state index in [4.69, 9.17) is 32.1 Å². The molecule has 0 saturated carbocycles. The first-order valence-corrected chi connectivity index (χ1v) is 10.3. The van der Waals surface area contributed by atoms with Gasteiger partial charge in [0.15, 0.2) is 0 Å². The highest BCUT2D eigenvalue weighted by molar-refractivity contribution is 6.49. The minimum atomic E-state index is 0.198. The van der Waals surface area contributed by atoms with Crippen molar-refractivity contribution in [2.24, 2.45) is 4.99 Å². The SMILES string of the molecule is CC(=N)N1C(=N)CN=C(c2ccc(Cl)cc2)c2cc(-c3ccc4c(c3)[B]OC4)ccc21. The van der Waals surface area contributed by atoms with E-state index in [9.17, 15) is 0 Å². The molecule has 0 fully saturated rings. The summed E-state index contributed by atoms with van der Waals surface area (Å²) in [6.07, 6.45) is 0. The lowest BCUT2D eigenvalue weighted by atomic mass is 9.84. The number of hydrogen-bond acceptors (Lipinski definition) is 4. The predicted octanol–water partition coefficient (Wildman–Crippen LogP) is 4.41. The van der Waals surface area contributed by atoms with E-state index in [-0.39, 0.29) is 18.2 Å². The lowest BCUT2D eigenvalue weighted by Crippen LogP contribution is -2.35. The maximum atomic E-state index is 8.47. The lowest BCUT2D eigenvalue weighted by Gasteiger charge is -2.24. The zero-order valence-electron chi connectivity index (χ0n) is 16.9. The largest absolute Gasteiger partial charge is 0.430 e. The summed E-state index contributed by atoms with van der Waals surface area (Å²) in [5, 5.41) is 17.4. The van der Waals surface area contributed by atoms with Crippen molar-refractivity contribution in [3.8, 4) is 11.1 Å². The van der Waals surface area contributed by atoms with Crippen LogP contribution in [0.4, 0.5) is 5.69 Å². The first-order chi connectivity index (χ1) is 15.0. The molecule has 5 nitrogen and oxygen atoms in total. The molecule has 0 aromatic heterocycles. The number of nitrogens with one attached hydrogen (secondary N) is 2. The number of halogens is 1. The Labute approximate surface area is 186 Å². The third-order valence-electron chi connectivity index (χ3n) is 5.53. The molecule has 0 aliphatic carbocycles. The molecular weight excluding hydrogens is 407 g/mol. The van der Waals surface area contributed by atoms with Crippen LogP contribution < -0.4 is 10.4 Å². The highest BCUT2D eigenvalue weighted by atomic mass is 35.5. The Bertz CT molecular complexity index is 1250. The van der Waals surface area contributed by atoms with E-state index < -0.39 is 0 Å². The van der Waals surface area contributed by atoms with Crippen molar-refractivity contribution in [1.29, 1.82) is 10.8 Å². The van der Waals surface area contributed by atoms with Crippen molar-refractivity contribution in [3.63, 3.8) is 0 Å². The Morgan fingerprint density at radius 1 is 1.03 bits per heavy atom. The Morgan fingerprint density at radius 3 is 2.52 bits per heavy atom. The van der Waals surface area contributed by atoms with Gasteiger partial charge in [-0.25, -0.2) is 0 Å². The van der Waals surface area contributed by atoms with E-state index >= 15 is 0 Å². The third kappa shape index (κ3) is 3.58. The smallest absolute Gasteiger partial charge is 0.330 e. The van der Waals surface area contributed by atoms with Crippen molar-refractivity contribution >= 4 is 47.6 Å². The van der Waals surface area contributed by atoms with Gasteiger partial charge in [-0.05, 0) is 53.3 Å². The summed E-state index contributed by atoms with van der Waals surface area (Å²) in [6.45, 7) is 2.50. The summed E-state index contributed by atoms with van der Waals surface area (Å²) < 4.78 is 5.44. The second-order valence-corrected chi connectivity index (χ2v) is 8.05. The molecule has 31 heavy (non-hydrogen) atoms. The molecule has 1 radical (unpaired) electrons. The van der Waals surface area contributed by atoms with Crippen LogP contribution >= 0.6 is 11.6 Å². The van der Waals surface area contributed by atoms with Gasteiger partial charge in [-0.1, -0.05) is 48.0 Å². The van der Waals surface area contributed by atoms with E-state index in [0.29, 0.717) is 11.6 Å². The second-order valence-electron chi connectivity index (χ2n) is 7.61. The zero-order chi connectivity index (χ0) is 21.5. The molecule has 0 amide bonds. The minimum Gasteiger partial charge on any atom is -0.430 e. The number of benzene rings is 3. The van der Waals surface area contributed by atoms with Crippen molar-refractivity contribution in [2.75, 3.05) is 11.4 Å². The molecule has 0 bridgehead atoms. The van der Waals surface area contributed by atoms with E-state index in [1.807, 2.05) is 36.4 Å². The van der Waals surface area contributed by atoms with Crippen LogP contribution in [0.25, 0.3) is 11.1 Å². The van der Waals surface area contributed by atoms with Gasteiger partial charge in [-0.15, -0.1) is 0 Å². The number of fused-ring (bicyclic) bond motifs is 2. The summed E-state index contributed by atoms with van der Waals surface area (Å²) >= 11 is 6.10. The normalized spacial score (nSPS) is 15.0. The third-order valence-corrected chi connectivity index (χ3v) is 5.78. The van der Waals surface area contributed by atoms with Crippen molar-refractivity contribution in [3.05, 3.63) is 82.4 Å². The molecule has 0 spiro atoms. The first kappa shape index (κ1) is 19.7. The van der Waals surface area contributed by atoms with Gasteiger partial charge in [0.05, 0.1) is 24.6 Å². The molecule has 2 N–H and O–H groups in total. The van der Waals surface area contributed by atoms with Gasteiger partial charge >= 0.3 is 7.48 Å². The number of aliphatic imine (C=N–C) groups is 1. The molecule has 3 aromatic rings. The Balaban J connectivity index is 1.69. The maximum absolute atomic E-state index is 8.47. The lowest BCUT2D eigenvalue weighted by molar-refractivity contribution is 0.345. The van der Waals surface area contributed by atoms with Gasteiger partial charge < -0.3 is 4.65 Å². The monoisotopic (exact) mass is 425 g/mol. The number of benzodiazepines with no additional fused rings is 1. The van der Waals surface area contributed by atoms with E-state index in [2.05, 4.69) is 24.3 Å². The predicted molar refractivity (Wildman–Crippen MR) is 128 cm³/mol. The van der Waals surface area contributed by atoms with Crippen LogP contribution in [0, 0.1) is 10.8 Å². The summed E-state index contributed by atoms with van der Waals surface area (Å²) in [4.78, 5) is 6.40. The van der Waals surface area contributed by atoms with E-state index in [0.717, 1.165) is 39.1 Å². The summed E-state index contributed by atoms with van der Waals surface area (Å²) in [5.74, 6) is 0.561. The first-order valence-electron chi connectivity index (χ1n) is 9.97. The topological polar surface area (TPSA) is 72.5 Å². The molecule has 2 heterocycles. The molecule has 0 atom stereocenters. The number of nitrogens with zero attached hydrogens (tertiary/aromatic N) is 2. The molecule has 3 aromatic carbocycles. The fourth-order valence-electron chi connectivity index (χ4n) is 4.03. The number of hydrogen-bond donors (Lipinski definition) is 2. The van der Waals surface area contributed by atoms with Crippen LogP contribution in [0.3, 0.4) is 0 Å². The van der Waals surface area contributed by atoms with Crippen LogP contribution in [-0.2, 0) is 11.3 Å². The summed E-state index contributed by atoms with van der Waals surface area (Å²) in [5.41, 5.74) is 7.78. The molecule has 0 unspecified atom stereocenters. The zero-order valence-corrected chi connectivity index (χ0v) is 17.7. The highest BCUT2D eigenvalue weighted by Gasteiger charge is 2.25. The van der Waals surface area contributed by atoms with Gasteiger partial charge in [0.2, 0.25) is 0 Å². The molecule has 5 rings (SSSR count). The summed E-state index contributed by atoms with van der Waals surface area (Å²) in [7, 11) is 1.80. The summed E-state index contributed by atoms with van der Waals surface area (Å²) in [6, 6.07) is 20.0. The van der Waals surface area contributed by atoms with E-state index in [1.165, 1.54) is 5.56 Å². The number of anilines is 1. The van der Waals surface area contributed by atoms with Crippen LogP contribution in [0.1, 0.15) is 23.6 Å². The van der Waals surface area contributed by atoms with Crippen molar-refractivity contribution in [2.45, 2.75) is 13.5 Å². The van der Waals surface area contributed by atoms with E-state index in [1.54, 1.807) is 19.3 Å². The minimum absolute atomic E-state index is 0.198. The van der Waals surface area contributed by atoms with Crippen molar-refractivity contribution < 1.29 is 4.65 Å². The van der Waals surface area contributed by atoms with Crippen LogP contribution in [0.15, 0.2) is 65.7 Å². The fourth-order valence-corrected chi connectivity index (χ4v) is 4.16. The average molecular weight is 426 g/mol. The van der Waals surface area contributed by atoms with Crippen LogP contribution in [0.5, 0.6) is 0 Å². The van der Waals surface area contributed by atoms with Crippen molar-refractivity contribution in [1.82, 2.24) is 0 Å². The van der Waals surface area contributed by atoms with Crippen LogP contribution in [-0.4, -0.2) is 31.4 Å². The number of rotatable bonds is 2. The quantitative estimate of drug-likeness (QED) is 0.362. The van der Waals surface area contributed by atoms with Gasteiger partial charge in [0.1, 0.15) is 11.7 Å². The standard InChI is InChI=1S/C24H19BClN4O/c1-14(27)30-22-9-6-16(17-2-3-18-13-31-25-21(18)11-17)10-20(22)24(29-12-23(30)28)15-4-7-19(26)8-5-15/h2-11,27-28H,12-13H2,1H3. The molecule has 7 heteroatoms. The van der Waals surface area contributed by atoms with Gasteiger partial charge in [-0.3, -0.25) is 20.7 Å². The molecular formula is C24H19BClN4O. The van der Waals surface area contributed by atoms with Gasteiger partial charge in [-0.2, -0.15) is 0 Å². The molecule has 2 aliphatic heterocycles. The number of amidine groups is 2. The Hall–Kier alpha value is -3.22.